The Kier molecular flexibility index (Phi) is 5.82. The minimum atomic E-state index is -0.199. The molecule has 0 spiro atoms. The number of rotatable bonds is 6. The van der Waals surface area contributed by atoms with Gasteiger partial charge in [0.1, 0.15) is 11.5 Å². The fourth-order valence-electron chi connectivity index (χ4n) is 2.47. The van der Waals surface area contributed by atoms with Crippen LogP contribution in [0.1, 0.15) is 30.3 Å². The van der Waals surface area contributed by atoms with Crippen molar-refractivity contribution >= 4 is 23.3 Å². The number of nitrogens with one attached hydrogen (secondary N) is 2. The van der Waals surface area contributed by atoms with Crippen molar-refractivity contribution < 1.29 is 4.79 Å². The predicted octanol–water partition coefficient (Wildman–Crippen LogP) is 2.24. The molecule has 0 saturated carbocycles. The van der Waals surface area contributed by atoms with Gasteiger partial charge in [0.2, 0.25) is 0 Å². The van der Waals surface area contributed by atoms with E-state index in [0.717, 1.165) is 32.5 Å². The van der Waals surface area contributed by atoms with Crippen molar-refractivity contribution in [2.45, 2.75) is 19.8 Å². The van der Waals surface area contributed by atoms with Crippen molar-refractivity contribution in [1.29, 1.82) is 0 Å². The number of pyridine rings is 1. The molecule has 6 heteroatoms. The Hall–Kier alpha value is -1.33. The first-order valence-electron chi connectivity index (χ1n) is 7.47. The zero-order chi connectivity index (χ0) is 15.2. The van der Waals surface area contributed by atoms with Gasteiger partial charge in [-0.3, -0.25) is 4.79 Å². The predicted molar refractivity (Wildman–Crippen MR) is 86.0 cm³/mol. The molecular formula is C15H23ClN4O. The van der Waals surface area contributed by atoms with Gasteiger partial charge in [-0.25, -0.2) is 4.98 Å². The number of carbonyl (C=O) groups excluding carboxylic acids is 1. The Morgan fingerprint density at radius 2 is 2.33 bits per heavy atom. The first-order valence-corrected chi connectivity index (χ1v) is 7.85. The van der Waals surface area contributed by atoms with Crippen molar-refractivity contribution in [3.8, 4) is 0 Å². The summed E-state index contributed by atoms with van der Waals surface area (Å²) in [6.45, 7) is 5.70. The van der Waals surface area contributed by atoms with Gasteiger partial charge >= 0.3 is 0 Å². The summed E-state index contributed by atoms with van der Waals surface area (Å²) < 4.78 is 0. The van der Waals surface area contributed by atoms with Crippen LogP contribution in [0, 0.1) is 5.92 Å². The van der Waals surface area contributed by atoms with E-state index in [9.17, 15) is 4.79 Å². The highest BCUT2D eigenvalue weighted by Crippen LogP contribution is 2.17. The molecule has 2 rings (SSSR count). The minimum absolute atomic E-state index is 0.199. The average Bonchev–Trinajstić information content (AvgIpc) is 2.89. The summed E-state index contributed by atoms with van der Waals surface area (Å²) in [5, 5.41) is 6.50. The van der Waals surface area contributed by atoms with E-state index in [-0.39, 0.29) is 5.91 Å². The molecule has 1 aliphatic rings. The summed E-state index contributed by atoms with van der Waals surface area (Å²) in [5.41, 5.74) is 0.295. The van der Waals surface area contributed by atoms with E-state index in [1.807, 2.05) is 0 Å². The maximum Gasteiger partial charge on any atom is 0.271 e. The monoisotopic (exact) mass is 310 g/mol. The highest BCUT2D eigenvalue weighted by molar-refractivity contribution is 6.33. The quantitative estimate of drug-likeness (QED) is 0.846. The fourth-order valence-corrected chi connectivity index (χ4v) is 2.66. The SMILES string of the molecule is CCCNc1ccc(Cl)c(C(=O)NCC2CCN(C)C2)n1. The molecule has 1 fully saturated rings. The number of nitrogens with zero attached hydrogens (tertiary/aromatic N) is 2. The lowest BCUT2D eigenvalue weighted by molar-refractivity contribution is 0.0943. The zero-order valence-corrected chi connectivity index (χ0v) is 13.4. The topological polar surface area (TPSA) is 57.3 Å². The number of hydrogen-bond donors (Lipinski definition) is 2. The number of carbonyl (C=O) groups is 1. The third-order valence-electron chi connectivity index (χ3n) is 3.66. The molecule has 1 aliphatic heterocycles. The first-order chi connectivity index (χ1) is 10.1. The third-order valence-corrected chi connectivity index (χ3v) is 3.96. The molecule has 1 aromatic heterocycles. The van der Waals surface area contributed by atoms with E-state index in [4.69, 9.17) is 11.6 Å². The van der Waals surface area contributed by atoms with Crippen LogP contribution in [0.15, 0.2) is 12.1 Å². The Labute approximate surface area is 131 Å². The molecule has 1 unspecified atom stereocenters. The van der Waals surface area contributed by atoms with E-state index in [1.165, 1.54) is 0 Å². The molecule has 0 bridgehead atoms. The van der Waals surface area contributed by atoms with Crippen LogP contribution in [0.3, 0.4) is 0 Å². The summed E-state index contributed by atoms with van der Waals surface area (Å²) in [6, 6.07) is 3.51. The molecule has 1 amide bonds. The molecule has 1 aromatic rings. The minimum Gasteiger partial charge on any atom is -0.370 e. The number of hydrogen-bond acceptors (Lipinski definition) is 4. The number of amides is 1. The molecule has 1 atom stereocenters. The maximum absolute atomic E-state index is 12.2. The molecular weight excluding hydrogens is 288 g/mol. The molecule has 0 aliphatic carbocycles. The molecule has 5 nitrogen and oxygen atoms in total. The highest BCUT2D eigenvalue weighted by Gasteiger charge is 2.21. The maximum atomic E-state index is 12.2. The van der Waals surface area contributed by atoms with Gasteiger partial charge in [-0.2, -0.15) is 0 Å². The van der Waals surface area contributed by atoms with E-state index in [2.05, 4.69) is 34.5 Å². The summed E-state index contributed by atoms with van der Waals surface area (Å²) >= 11 is 6.08. The second kappa shape index (κ2) is 7.61. The molecule has 0 aromatic carbocycles. The standard InChI is InChI=1S/C15H23ClN4O/c1-3-7-17-13-5-4-12(16)14(19-13)15(21)18-9-11-6-8-20(2)10-11/h4-5,11H,3,6-10H2,1-2H3,(H,17,19)(H,18,21). The fraction of sp³-hybridized carbons (Fsp3) is 0.600. The van der Waals surface area contributed by atoms with Crippen LogP contribution >= 0.6 is 11.6 Å². The average molecular weight is 311 g/mol. The Morgan fingerprint density at radius 3 is 3.00 bits per heavy atom. The summed E-state index contributed by atoms with van der Waals surface area (Å²) in [4.78, 5) is 18.8. The summed E-state index contributed by atoms with van der Waals surface area (Å²) in [5.74, 6) is 1.00. The molecule has 116 valence electrons. The second-order valence-electron chi connectivity index (χ2n) is 5.58. The van der Waals surface area contributed by atoms with Crippen LogP contribution in [0.25, 0.3) is 0 Å². The van der Waals surface area contributed by atoms with E-state index >= 15 is 0 Å². The van der Waals surface area contributed by atoms with Gasteiger partial charge in [0, 0.05) is 19.6 Å². The third kappa shape index (κ3) is 4.58. The van der Waals surface area contributed by atoms with Crippen molar-refractivity contribution in [2.75, 3.05) is 38.5 Å². The summed E-state index contributed by atoms with van der Waals surface area (Å²) in [6.07, 6.45) is 2.12. The van der Waals surface area contributed by atoms with Gasteiger partial charge in [-0.05, 0) is 44.5 Å². The Bertz CT molecular complexity index is 495. The van der Waals surface area contributed by atoms with Crippen LogP contribution in [-0.4, -0.2) is 49.0 Å². The van der Waals surface area contributed by atoms with Gasteiger partial charge < -0.3 is 15.5 Å². The number of halogens is 1. The highest BCUT2D eigenvalue weighted by atomic mass is 35.5. The lowest BCUT2D eigenvalue weighted by atomic mass is 10.1. The molecule has 21 heavy (non-hydrogen) atoms. The second-order valence-corrected chi connectivity index (χ2v) is 5.99. The summed E-state index contributed by atoms with van der Waals surface area (Å²) in [7, 11) is 2.10. The van der Waals surface area contributed by atoms with Gasteiger partial charge in [-0.15, -0.1) is 0 Å². The molecule has 2 heterocycles. The van der Waals surface area contributed by atoms with Crippen molar-refractivity contribution in [3.05, 3.63) is 22.8 Å². The number of anilines is 1. The Balaban J connectivity index is 1.94. The largest absolute Gasteiger partial charge is 0.370 e. The lowest BCUT2D eigenvalue weighted by Gasteiger charge is -2.12. The van der Waals surface area contributed by atoms with E-state index < -0.39 is 0 Å². The molecule has 0 radical (unpaired) electrons. The lowest BCUT2D eigenvalue weighted by Crippen LogP contribution is -2.31. The number of likely N-dealkylation sites (tertiary alicyclic amines) is 1. The Morgan fingerprint density at radius 1 is 1.52 bits per heavy atom. The van der Waals surface area contributed by atoms with Gasteiger partial charge in [0.05, 0.1) is 5.02 Å². The van der Waals surface area contributed by atoms with Crippen molar-refractivity contribution in [2.24, 2.45) is 5.92 Å². The first kappa shape index (κ1) is 16.0. The van der Waals surface area contributed by atoms with Gasteiger partial charge in [0.25, 0.3) is 5.91 Å². The zero-order valence-electron chi connectivity index (χ0n) is 12.7. The van der Waals surface area contributed by atoms with Gasteiger partial charge in [0.15, 0.2) is 0 Å². The van der Waals surface area contributed by atoms with Crippen LogP contribution in [0.2, 0.25) is 5.02 Å². The van der Waals surface area contributed by atoms with Crippen LogP contribution < -0.4 is 10.6 Å². The normalized spacial score (nSPS) is 18.7. The van der Waals surface area contributed by atoms with Crippen LogP contribution in [0.5, 0.6) is 0 Å². The van der Waals surface area contributed by atoms with Crippen LogP contribution in [0.4, 0.5) is 5.82 Å². The van der Waals surface area contributed by atoms with Gasteiger partial charge in [-0.1, -0.05) is 18.5 Å². The van der Waals surface area contributed by atoms with Crippen LogP contribution in [-0.2, 0) is 0 Å². The molecule has 2 N–H and O–H groups in total. The van der Waals surface area contributed by atoms with E-state index in [1.54, 1.807) is 12.1 Å². The smallest absolute Gasteiger partial charge is 0.271 e. The van der Waals surface area contributed by atoms with E-state index in [0.29, 0.717) is 29.0 Å². The molecule has 1 saturated heterocycles. The van der Waals surface area contributed by atoms with Crippen molar-refractivity contribution in [1.82, 2.24) is 15.2 Å². The van der Waals surface area contributed by atoms with Crippen molar-refractivity contribution in [3.63, 3.8) is 0 Å². The number of aromatic nitrogens is 1.